The van der Waals surface area contributed by atoms with Gasteiger partial charge in [-0.15, -0.1) is 0 Å². The highest BCUT2D eigenvalue weighted by atomic mass is 79.9. The fraction of sp³-hybridized carbons (Fsp3) is 0. The lowest BCUT2D eigenvalue weighted by Crippen LogP contribution is -1.97. The van der Waals surface area contributed by atoms with E-state index < -0.39 is 5.97 Å². The second-order valence-corrected chi connectivity index (χ2v) is 7.08. The molecular weight excluding hydrogens is 540 g/mol. The summed E-state index contributed by atoms with van der Waals surface area (Å²) in [6, 6.07) is 7.00. The van der Waals surface area contributed by atoms with Crippen LogP contribution in [0.3, 0.4) is 0 Å². The van der Waals surface area contributed by atoms with E-state index >= 15 is 0 Å². The molecular formula is C13H4Br4O4. The van der Waals surface area contributed by atoms with E-state index in [1.54, 1.807) is 24.3 Å². The van der Waals surface area contributed by atoms with Crippen LogP contribution in [0.4, 0.5) is 0 Å². The zero-order valence-electron chi connectivity index (χ0n) is 9.95. The first-order valence-corrected chi connectivity index (χ1v) is 8.68. The number of hydrogen-bond donors (Lipinski definition) is 0. The second kappa shape index (κ2) is 5.91. The summed E-state index contributed by atoms with van der Waals surface area (Å²) < 4.78 is 18.4. The van der Waals surface area contributed by atoms with Gasteiger partial charge in [-0.2, -0.15) is 0 Å². The van der Waals surface area contributed by atoms with Crippen molar-refractivity contribution in [2.24, 2.45) is 0 Å². The summed E-state index contributed by atoms with van der Waals surface area (Å²) in [5.41, 5.74) is 0.529. The van der Waals surface area contributed by atoms with Crippen LogP contribution in [-0.4, -0.2) is 5.97 Å². The van der Waals surface area contributed by atoms with Crippen molar-refractivity contribution in [3.8, 4) is 0 Å². The first-order chi connectivity index (χ1) is 9.97. The maximum Gasteiger partial charge on any atom is 0.352 e. The van der Waals surface area contributed by atoms with Crippen LogP contribution in [0, 0.1) is 0 Å². The molecule has 0 bridgehead atoms. The van der Waals surface area contributed by atoms with Gasteiger partial charge in [-0.25, -0.2) is 4.79 Å². The Balaban J connectivity index is 2.25. The molecule has 0 atom stereocenters. The van der Waals surface area contributed by atoms with Crippen LogP contribution in [0.5, 0.6) is 0 Å². The van der Waals surface area contributed by atoms with E-state index in [9.17, 15) is 4.79 Å². The highest BCUT2D eigenvalue weighted by Gasteiger charge is 2.32. The van der Waals surface area contributed by atoms with Crippen LogP contribution >= 0.6 is 63.7 Å². The Bertz CT molecular complexity index is 754. The van der Waals surface area contributed by atoms with Crippen LogP contribution in [0.15, 0.2) is 57.2 Å². The molecule has 0 saturated heterocycles. The Morgan fingerprint density at radius 1 is 0.810 bits per heavy atom. The first kappa shape index (κ1) is 15.3. The molecule has 2 aromatic rings. The molecule has 0 aliphatic carbocycles. The number of carbonyl (C=O) groups is 1. The first-order valence-electron chi connectivity index (χ1n) is 5.51. The molecule has 0 N–H and O–H groups in total. The van der Waals surface area contributed by atoms with E-state index in [2.05, 4.69) is 63.7 Å². The Hall–Kier alpha value is -0.570. The van der Waals surface area contributed by atoms with Gasteiger partial charge in [0.05, 0.1) is 4.48 Å². The molecule has 0 radical (unpaired) electrons. The largest absolute Gasteiger partial charge is 0.449 e. The van der Waals surface area contributed by atoms with Crippen molar-refractivity contribution in [1.29, 1.82) is 0 Å². The SMILES string of the molecule is O=C1OC(=C(c2ccc(Br)o2)c2ccc(Br)o2)C(Br)=C1Br. The lowest BCUT2D eigenvalue weighted by atomic mass is 10.1. The Kier molecular flexibility index (Phi) is 4.31. The van der Waals surface area contributed by atoms with Crippen molar-refractivity contribution < 1.29 is 18.4 Å². The van der Waals surface area contributed by atoms with Crippen molar-refractivity contribution in [3.05, 3.63) is 59.8 Å². The zero-order chi connectivity index (χ0) is 15.1. The molecule has 4 nitrogen and oxygen atoms in total. The van der Waals surface area contributed by atoms with Crippen molar-refractivity contribution in [2.45, 2.75) is 0 Å². The summed E-state index contributed by atoms with van der Waals surface area (Å²) in [5.74, 6) is 0.859. The molecule has 3 heterocycles. The summed E-state index contributed by atoms with van der Waals surface area (Å²) in [6.45, 7) is 0. The van der Waals surface area contributed by atoms with Gasteiger partial charge in [0.2, 0.25) is 0 Å². The fourth-order valence-electron chi connectivity index (χ4n) is 1.77. The highest BCUT2D eigenvalue weighted by molar-refractivity contribution is 9.14. The fourth-order valence-corrected chi connectivity index (χ4v) is 3.09. The molecule has 1 aliphatic heterocycles. The van der Waals surface area contributed by atoms with Crippen molar-refractivity contribution >= 4 is 75.3 Å². The number of rotatable bonds is 2. The highest BCUT2D eigenvalue weighted by Crippen LogP contribution is 2.42. The van der Waals surface area contributed by atoms with Gasteiger partial charge in [0.1, 0.15) is 21.6 Å². The predicted molar refractivity (Wildman–Crippen MR) is 89.8 cm³/mol. The molecule has 108 valence electrons. The molecule has 0 amide bonds. The predicted octanol–water partition coefficient (Wildman–Crippen LogP) is 5.72. The van der Waals surface area contributed by atoms with E-state index in [1.165, 1.54) is 0 Å². The van der Waals surface area contributed by atoms with Crippen LogP contribution in [-0.2, 0) is 9.53 Å². The topological polar surface area (TPSA) is 52.6 Å². The Morgan fingerprint density at radius 3 is 1.67 bits per heavy atom. The summed E-state index contributed by atoms with van der Waals surface area (Å²) >= 11 is 13.0. The van der Waals surface area contributed by atoms with E-state index in [0.717, 1.165) is 0 Å². The van der Waals surface area contributed by atoms with Gasteiger partial charge in [0.25, 0.3) is 0 Å². The maximum atomic E-state index is 11.7. The normalized spacial score (nSPS) is 14.9. The smallest absolute Gasteiger partial charge is 0.352 e. The summed E-state index contributed by atoms with van der Waals surface area (Å²) in [7, 11) is 0. The van der Waals surface area contributed by atoms with Crippen molar-refractivity contribution in [1.82, 2.24) is 0 Å². The third-order valence-electron chi connectivity index (χ3n) is 2.63. The summed E-state index contributed by atoms with van der Waals surface area (Å²) in [4.78, 5) is 11.7. The van der Waals surface area contributed by atoms with E-state index in [-0.39, 0.29) is 0 Å². The molecule has 0 spiro atoms. The maximum absolute atomic E-state index is 11.7. The van der Waals surface area contributed by atoms with Gasteiger partial charge in [-0.05, 0) is 88.0 Å². The molecule has 3 rings (SSSR count). The number of furan rings is 2. The third-order valence-corrected chi connectivity index (χ3v) is 5.49. The molecule has 0 aromatic carbocycles. The number of cyclic esters (lactones) is 1. The lowest BCUT2D eigenvalue weighted by molar-refractivity contribution is -0.132. The molecule has 21 heavy (non-hydrogen) atoms. The van der Waals surface area contributed by atoms with Gasteiger partial charge in [-0.1, -0.05) is 0 Å². The van der Waals surface area contributed by atoms with Crippen LogP contribution < -0.4 is 0 Å². The molecule has 2 aromatic heterocycles. The van der Waals surface area contributed by atoms with E-state index in [0.29, 0.717) is 41.2 Å². The molecule has 0 saturated carbocycles. The monoisotopic (exact) mass is 540 g/mol. The third kappa shape index (κ3) is 2.86. The molecule has 0 unspecified atom stereocenters. The zero-order valence-corrected chi connectivity index (χ0v) is 16.3. The Labute approximate surface area is 152 Å². The van der Waals surface area contributed by atoms with Gasteiger partial charge >= 0.3 is 5.97 Å². The van der Waals surface area contributed by atoms with Crippen molar-refractivity contribution in [3.63, 3.8) is 0 Å². The second-order valence-electron chi connectivity index (χ2n) is 3.93. The van der Waals surface area contributed by atoms with Gasteiger partial charge in [0, 0.05) is 0 Å². The van der Waals surface area contributed by atoms with Crippen molar-refractivity contribution in [2.75, 3.05) is 0 Å². The van der Waals surface area contributed by atoms with Gasteiger partial charge < -0.3 is 13.6 Å². The minimum Gasteiger partial charge on any atom is -0.449 e. The number of ether oxygens (including phenoxy) is 1. The number of carbonyl (C=O) groups excluding carboxylic acids is 1. The standard InChI is InChI=1S/C13H4Br4O4/c14-7-3-1-5(19-7)9(6-2-4-8(15)20-6)12-10(16)11(17)13(18)21-12/h1-4H. The number of esters is 1. The lowest BCUT2D eigenvalue weighted by Gasteiger charge is -2.06. The number of hydrogen-bond acceptors (Lipinski definition) is 4. The van der Waals surface area contributed by atoms with Gasteiger partial charge in [-0.3, -0.25) is 0 Å². The average Bonchev–Trinajstić information content (AvgIpc) is 3.10. The van der Waals surface area contributed by atoms with Crippen LogP contribution in [0.1, 0.15) is 11.5 Å². The van der Waals surface area contributed by atoms with Crippen LogP contribution in [0.25, 0.3) is 5.57 Å². The number of halogens is 4. The Morgan fingerprint density at radius 2 is 1.33 bits per heavy atom. The number of allylic oxidation sites excluding steroid dienone is 1. The molecule has 1 aliphatic rings. The summed E-state index contributed by atoms with van der Waals surface area (Å²) in [5, 5.41) is 0. The average molecular weight is 544 g/mol. The van der Waals surface area contributed by atoms with Crippen LogP contribution in [0.2, 0.25) is 0 Å². The summed E-state index contributed by atoms with van der Waals surface area (Å²) in [6.07, 6.45) is 0. The molecule has 8 heteroatoms. The van der Waals surface area contributed by atoms with E-state index in [1.807, 2.05) is 0 Å². The minimum absolute atomic E-state index is 0.311. The minimum atomic E-state index is -0.481. The quantitative estimate of drug-likeness (QED) is 0.455. The van der Waals surface area contributed by atoms with E-state index in [4.69, 9.17) is 13.6 Å². The van der Waals surface area contributed by atoms with Gasteiger partial charge in [0.15, 0.2) is 15.1 Å². The molecule has 0 fully saturated rings.